The normalized spacial score (nSPS) is 38.2. The molecule has 4 rings (SSSR count). The van der Waals surface area contributed by atoms with Gasteiger partial charge in [0, 0.05) is 6.92 Å². The number of ether oxygens (including phenoxy) is 3. The van der Waals surface area contributed by atoms with Crippen LogP contribution in [0.3, 0.4) is 0 Å². The molecule has 13 heteroatoms. The molecule has 2 bridgehead atoms. The van der Waals surface area contributed by atoms with Gasteiger partial charge in [-0.1, -0.05) is 6.42 Å². The molecule has 0 aromatic heterocycles. The van der Waals surface area contributed by atoms with Crippen LogP contribution in [0.2, 0.25) is 0 Å². The SMILES string of the molecule is CC(=O)OC1C2OS(=O)(=O)C3C2OC1C3C(=O)OC1(C(F)(F)C(=O)[O-])CCCCC1. The van der Waals surface area contributed by atoms with Gasteiger partial charge in [0.05, 0.1) is 0 Å². The summed E-state index contributed by atoms with van der Waals surface area (Å²) in [7, 11) is -4.34. The van der Waals surface area contributed by atoms with Crippen molar-refractivity contribution in [1.29, 1.82) is 0 Å². The topological polar surface area (TPSA) is 145 Å². The van der Waals surface area contributed by atoms with Crippen LogP contribution in [0.25, 0.3) is 0 Å². The molecule has 4 aliphatic rings. The van der Waals surface area contributed by atoms with Gasteiger partial charge in [0.15, 0.2) is 11.7 Å². The summed E-state index contributed by atoms with van der Waals surface area (Å²) >= 11 is 0. The van der Waals surface area contributed by atoms with Crippen molar-refractivity contribution in [2.45, 2.75) is 80.2 Å². The largest absolute Gasteiger partial charge is 0.544 e. The molecule has 6 unspecified atom stereocenters. The van der Waals surface area contributed by atoms with Crippen LogP contribution in [0.15, 0.2) is 0 Å². The lowest BCUT2D eigenvalue weighted by molar-refractivity contribution is -0.346. The zero-order valence-corrected chi connectivity index (χ0v) is 16.6. The molecule has 0 aromatic carbocycles. The quantitative estimate of drug-likeness (QED) is 0.377. The van der Waals surface area contributed by atoms with Crippen molar-refractivity contribution in [2.24, 2.45) is 5.92 Å². The van der Waals surface area contributed by atoms with Crippen LogP contribution in [0.4, 0.5) is 8.78 Å². The Labute approximate surface area is 169 Å². The molecule has 0 spiro atoms. The minimum absolute atomic E-state index is 0.187. The Kier molecular flexibility index (Phi) is 4.86. The van der Waals surface area contributed by atoms with Crippen LogP contribution >= 0.6 is 0 Å². The molecule has 10 nitrogen and oxygen atoms in total. The van der Waals surface area contributed by atoms with E-state index in [1.54, 1.807) is 0 Å². The molecule has 6 atom stereocenters. The summed E-state index contributed by atoms with van der Waals surface area (Å²) in [6, 6.07) is 0. The number of hydrogen-bond donors (Lipinski definition) is 0. The number of carboxylic acids is 1. The summed E-state index contributed by atoms with van der Waals surface area (Å²) in [6.45, 7) is 1.07. The molecule has 168 valence electrons. The maximum atomic E-state index is 14.5. The van der Waals surface area contributed by atoms with Crippen LogP contribution in [0, 0.1) is 5.92 Å². The van der Waals surface area contributed by atoms with Crippen molar-refractivity contribution in [3.63, 3.8) is 0 Å². The predicted molar refractivity (Wildman–Crippen MR) is 87.1 cm³/mol. The highest BCUT2D eigenvalue weighted by Gasteiger charge is 2.74. The highest BCUT2D eigenvalue weighted by Crippen LogP contribution is 2.53. The third-order valence-corrected chi connectivity index (χ3v) is 7.97. The average molecular weight is 453 g/mol. The van der Waals surface area contributed by atoms with Gasteiger partial charge in [0.2, 0.25) is 0 Å². The number of fused-ring (bicyclic) bond motifs is 1. The monoisotopic (exact) mass is 453 g/mol. The number of alkyl halides is 2. The Bertz CT molecular complexity index is 881. The fraction of sp³-hybridized carbons (Fsp3) is 0.824. The van der Waals surface area contributed by atoms with Crippen molar-refractivity contribution >= 4 is 28.0 Å². The molecule has 3 heterocycles. The summed E-state index contributed by atoms with van der Waals surface area (Å²) in [5.74, 6) is -10.9. The van der Waals surface area contributed by atoms with Gasteiger partial charge in [-0.3, -0.25) is 13.8 Å². The van der Waals surface area contributed by atoms with E-state index in [0.29, 0.717) is 6.42 Å². The summed E-state index contributed by atoms with van der Waals surface area (Å²) in [5.41, 5.74) is -2.66. The van der Waals surface area contributed by atoms with Crippen LogP contribution in [0.1, 0.15) is 39.0 Å². The summed E-state index contributed by atoms with van der Waals surface area (Å²) < 4.78 is 74.5. The lowest BCUT2D eigenvalue weighted by Gasteiger charge is -2.43. The molecule has 0 aromatic rings. The highest BCUT2D eigenvalue weighted by atomic mass is 32.2. The summed E-state index contributed by atoms with van der Waals surface area (Å²) in [6.07, 6.45) is -4.74. The van der Waals surface area contributed by atoms with E-state index in [2.05, 4.69) is 0 Å². The van der Waals surface area contributed by atoms with Gasteiger partial charge in [0.1, 0.15) is 35.4 Å². The number of halogens is 2. The first-order valence-corrected chi connectivity index (χ1v) is 11.0. The highest BCUT2D eigenvalue weighted by molar-refractivity contribution is 7.87. The fourth-order valence-corrected chi connectivity index (χ4v) is 6.80. The molecular formula is C17H19F2O10S-. The van der Waals surface area contributed by atoms with Crippen LogP contribution in [-0.4, -0.2) is 67.5 Å². The first-order valence-electron chi connectivity index (χ1n) is 9.48. The van der Waals surface area contributed by atoms with Gasteiger partial charge in [-0.15, -0.1) is 0 Å². The Morgan fingerprint density at radius 1 is 1.10 bits per heavy atom. The average Bonchev–Trinajstić information content (AvgIpc) is 3.24. The van der Waals surface area contributed by atoms with Gasteiger partial charge < -0.3 is 24.1 Å². The summed E-state index contributed by atoms with van der Waals surface area (Å²) in [4.78, 5) is 35.5. The lowest BCUT2D eigenvalue weighted by atomic mass is 9.79. The van der Waals surface area contributed by atoms with Gasteiger partial charge in [0.25, 0.3) is 10.1 Å². The molecule has 3 aliphatic heterocycles. The molecule has 1 aliphatic carbocycles. The second-order valence-corrected chi connectivity index (χ2v) is 9.74. The molecule has 0 radical (unpaired) electrons. The number of carboxylic acid groups (broad SMARTS) is 1. The second kappa shape index (κ2) is 6.82. The lowest BCUT2D eigenvalue weighted by Crippen LogP contribution is -2.62. The van der Waals surface area contributed by atoms with Crippen LogP contribution in [0.5, 0.6) is 0 Å². The Morgan fingerprint density at radius 3 is 2.30 bits per heavy atom. The first-order chi connectivity index (χ1) is 13.9. The van der Waals surface area contributed by atoms with E-state index in [-0.39, 0.29) is 12.8 Å². The minimum atomic E-state index is -4.48. The zero-order valence-electron chi connectivity index (χ0n) is 15.7. The Hall–Kier alpha value is -1.86. The van der Waals surface area contributed by atoms with E-state index in [4.69, 9.17) is 18.4 Å². The molecule has 0 amide bonds. The Morgan fingerprint density at radius 2 is 1.73 bits per heavy atom. The van der Waals surface area contributed by atoms with Crippen molar-refractivity contribution in [3.8, 4) is 0 Å². The van der Waals surface area contributed by atoms with Crippen molar-refractivity contribution < 1.29 is 55.1 Å². The van der Waals surface area contributed by atoms with Gasteiger partial charge in [-0.05, 0) is 25.7 Å². The van der Waals surface area contributed by atoms with Crippen LogP contribution < -0.4 is 5.11 Å². The number of hydrogen-bond acceptors (Lipinski definition) is 10. The summed E-state index contributed by atoms with van der Waals surface area (Å²) in [5, 5.41) is 9.58. The number of carbonyl (C=O) groups is 3. The fourth-order valence-electron chi connectivity index (χ4n) is 4.97. The second-order valence-electron chi connectivity index (χ2n) is 8.02. The molecule has 3 saturated heterocycles. The molecule has 4 fully saturated rings. The van der Waals surface area contributed by atoms with E-state index in [1.807, 2.05) is 0 Å². The van der Waals surface area contributed by atoms with E-state index < -0.39 is 88.0 Å². The maximum Gasteiger partial charge on any atom is 0.325 e. The van der Waals surface area contributed by atoms with E-state index in [1.165, 1.54) is 0 Å². The molecular weight excluding hydrogens is 434 g/mol. The molecule has 1 saturated carbocycles. The standard InChI is InChI=1S/C17H20F2O10S/c1-7(20)26-10-9-8(13-12(27-9)11(10)29-30(13,24)25)14(21)28-16(5-3-2-4-6-16)17(18,19)15(22)23/h8-13H,2-6H2,1H3,(H,22,23)/p-1. The number of aliphatic carboxylic acids is 1. The Balaban J connectivity index is 1.66. The van der Waals surface area contributed by atoms with E-state index in [9.17, 15) is 36.7 Å². The maximum absolute atomic E-state index is 14.5. The van der Waals surface area contributed by atoms with Gasteiger partial charge in [-0.25, -0.2) is 0 Å². The number of carbonyl (C=O) groups excluding carboxylic acids is 3. The first kappa shape index (κ1) is 21.4. The smallest absolute Gasteiger partial charge is 0.325 e. The minimum Gasteiger partial charge on any atom is -0.544 e. The molecule has 30 heavy (non-hydrogen) atoms. The van der Waals surface area contributed by atoms with E-state index in [0.717, 1.165) is 6.92 Å². The van der Waals surface area contributed by atoms with E-state index >= 15 is 0 Å². The van der Waals surface area contributed by atoms with Crippen molar-refractivity contribution in [1.82, 2.24) is 0 Å². The van der Waals surface area contributed by atoms with Gasteiger partial charge in [-0.2, -0.15) is 17.2 Å². The predicted octanol–water partition coefficient (Wildman–Crippen LogP) is -0.956. The third kappa shape index (κ3) is 2.93. The zero-order chi connectivity index (χ0) is 22.1. The third-order valence-electron chi connectivity index (χ3n) is 6.26. The molecule has 0 N–H and O–H groups in total. The number of esters is 2. The van der Waals surface area contributed by atoms with Crippen LogP contribution in [-0.2, 0) is 42.9 Å². The van der Waals surface area contributed by atoms with Crippen molar-refractivity contribution in [3.05, 3.63) is 0 Å². The van der Waals surface area contributed by atoms with Gasteiger partial charge >= 0.3 is 17.9 Å². The number of rotatable bonds is 5. The van der Waals surface area contributed by atoms with Crippen molar-refractivity contribution in [2.75, 3.05) is 0 Å².